The number of imide groups is 1. The van der Waals surface area contributed by atoms with Crippen molar-refractivity contribution < 1.29 is 23.5 Å². The number of halogens is 1. The Labute approximate surface area is 154 Å². The molecule has 0 fully saturated rings. The third-order valence-corrected chi connectivity index (χ3v) is 3.29. The molecule has 0 atom stereocenters. The molecule has 1 aromatic rings. The lowest BCUT2D eigenvalue weighted by Gasteiger charge is -2.25. The average Bonchev–Trinajstić information content (AvgIpc) is 2.57. The molecule has 0 aliphatic rings. The third-order valence-electron chi connectivity index (χ3n) is 3.29. The fourth-order valence-electron chi connectivity index (χ4n) is 2.13. The lowest BCUT2D eigenvalue weighted by Crippen LogP contribution is -2.33. The third kappa shape index (κ3) is 6.38. The molecule has 2 N–H and O–H groups in total. The van der Waals surface area contributed by atoms with E-state index in [-0.39, 0.29) is 16.7 Å². The Morgan fingerprint density at radius 1 is 1.19 bits per heavy atom. The molecule has 7 heteroatoms. The maximum absolute atomic E-state index is 14.5. The largest absolute Gasteiger partial charge is 0.504 e. The summed E-state index contributed by atoms with van der Waals surface area (Å²) in [5.74, 6) is -0.865. The van der Waals surface area contributed by atoms with Crippen LogP contribution in [0.25, 0.3) is 0 Å². The van der Waals surface area contributed by atoms with Gasteiger partial charge in [0.2, 0.25) is 0 Å². The van der Waals surface area contributed by atoms with Gasteiger partial charge in [0.05, 0.1) is 26.2 Å². The van der Waals surface area contributed by atoms with Crippen LogP contribution in [0.5, 0.6) is 5.75 Å². The Balaban J connectivity index is 0.00000301. The number of amides is 3. The maximum Gasteiger partial charge on any atom is 0.326 e. The van der Waals surface area contributed by atoms with Crippen molar-refractivity contribution in [2.75, 3.05) is 19.5 Å². The number of urea groups is 1. The second kappa shape index (κ2) is 10.4. The van der Waals surface area contributed by atoms with Gasteiger partial charge in [-0.15, -0.1) is 0 Å². The molecule has 1 aromatic carbocycles. The van der Waals surface area contributed by atoms with E-state index in [1.54, 1.807) is 6.92 Å². The van der Waals surface area contributed by atoms with Gasteiger partial charge in [-0.25, -0.2) is 9.18 Å². The van der Waals surface area contributed by atoms with Crippen LogP contribution in [0.4, 0.5) is 14.9 Å². The Kier molecular flexibility index (Phi) is 9.40. The predicted octanol–water partition coefficient (Wildman–Crippen LogP) is 4.27. The first-order valence-corrected chi connectivity index (χ1v) is 8.30. The summed E-state index contributed by atoms with van der Waals surface area (Å²) in [6.07, 6.45) is 2.16. The molecule has 146 valence electrons. The van der Waals surface area contributed by atoms with Gasteiger partial charge in [0, 0.05) is 17.2 Å². The van der Waals surface area contributed by atoms with E-state index in [0.717, 1.165) is 17.9 Å². The molecule has 3 amide bonds. The molecule has 26 heavy (non-hydrogen) atoms. The molecular formula is C19H29FN2O4. The van der Waals surface area contributed by atoms with E-state index in [4.69, 9.17) is 4.74 Å². The van der Waals surface area contributed by atoms with Gasteiger partial charge < -0.3 is 14.8 Å². The number of anilines is 1. The first-order chi connectivity index (χ1) is 12.1. The zero-order valence-corrected chi connectivity index (χ0v) is 16.7. The van der Waals surface area contributed by atoms with E-state index in [1.165, 1.54) is 20.3 Å². The summed E-state index contributed by atoms with van der Waals surface area (Å²) in [6, 6.07) is 0.667. The molecule has 0 aliphatic heterocycles. The van der Waals surface area contributed by atoms with Crippen LogP contribution in [0.1, 0.15) is 45.7 Å². The molecule has 0 heterocycles. The smallest absolute Gasteiger partial charge is 0.326 e. The Morgan fingerprint density at radius 2 is 1.77 bits per heavy atom. The molecular weight excluding hydrogens is 339 g/mol. The van der Waals surface area contributed by atoms with Crippen molar-refractivity contribution in [2.45, 2.75) is 47.0 Å². The summed E-state index contributed by atoms with van der Waals surface area (Å²) in [5.41, 5.74) is 0.670. The molecule has 0 aliphatic carbocycles. The first-order valence-electron chi connectivity index (χ1n) is 8.30. The van der Waals surface area contributed by atoms with Crippen molar-refractivity contribution in [1.29, 1.82) is 0 Å². The van der Waals surface area contributed by atoms with Gasteiger partial charge in [0.15, 0.2) is 5.82 Å². The van der Waals surface area contributed by atoms with Crippen LogP contribution >= 0.6 is 0 Å². The van der Waals surface area contributed by atoms with Gasteiger partial charge in [0.1, 0.15) is 5.75 Å². The molecule has 6 nitrogen and oxygen atoms in total. The summed E-state index contributed by atoms with van der Waals surface area (Å²) in [6.45, 7) is 11.4. The summed E-state index contributed by atoms with van der Waals surface area (Å²) in [7, 11) is 2.84. The minimum Gasteiger partial charge on any atom is -0.504 e. The average molecular weight is 368 g/mol. The van der Waals surface area contributed by atoms with E-state index in [9.17, 15) is 14.0 Å². The van der Waals surface area contributed by atoms with Crippen molar-refractivity contribution in [3.05, 3.63) is 35.3 Å². The highest BCUT2D eigenvalue weighted by Gasteiger charge is 2.25. The second-order valence-corrected chi connectivity index (χ2v) is 6.18. The fourth-order valence-corrected chi connectivity index (χ4v) is 2.13. The number of ether oxygens (including phenoxy) is 2. The van der Waals surface area contributed by atoms with Crippen molar-refractivity contribution in [3.63, 3.8) is 0 Å². The summed E-state index contributed by atoms with van der Waals surface area (Å²) in [5, 5.41) is 4.39. The normalized spacial score (nSPS) is 10.7. The molecule has 0 saturated carbocycles. The quantitative estimate of drug-likeness (QED) is 0.614. The minimum absolute atomic E-state index is 0.0285. The molecule has 0 aromatic heterocycles. The number of carbonyl (C=O) groups is 2. The van der Waals surface area contributed by atoms with E-state index < -0.39 is 17.8 Å². The van der Waals surface area contributed by atoms with Crippen LogP contribution in [0.2, 0.25) is 0 Å². The van der Waals surface area contributed by atoms with Crippen molar-refractivity contribution in [3.8, 4) is 5.75 Å². The van der Waals surface area contributed by atoms with Crippen molar-refractivity contribution in [1.82, 2.24) is 5.32 Å². The van der Waals surface area contributed by atoms with E-state index in [0.29, 0.717) is 5.75 Å². The number of nitrogens with one attached hydrogen (secondary N) is 2. The molecule has 0 radical (unpaired) electrons. The number of methoxy groups -OCH3 is 2. The number of hydrogen-bond donors (Lipinski definition) is 2. The van der Waals surface area contributed by atoms with Crippen LogP contribution in [-0.4, -0.2) is 26.2 Å². The SMILES string of the molecule is CC.CO/C=C/C(=O)NC(=O)Nc1cc(C(C)(C)C)c(OC)c(C)c1F. The zero-order valence-electron chi connectivity index (χ0n) is 16.7. The second-order valence-electron chi connectivity index (χ2n) is 6.18. The summed E-state index contributed by atoms with van der Waals surface area (Å²) < 4.78 is 24.4. The van der Waals surface area contributed by atoms with Crippen LogP contribution in [0.3, 0.4) is 0 Å². The molecule has 0 spiro atoms. The molecule has 0 bridgehead atoms. The van der Waals surface area contributed by atoms with E-state index >= 15 is 0 Å². The monoisotopic (exact) mass is 368 g/mol. The topological polar surface area (TPSA) is 76.7 Å². The van der Waals surface area contributed by atoms with Crippen LogP contribution in [0.15, 0.2) is 18.4 Å². The molecule has 1 rings (SSSR count). The predicted molar refractivity (Wildman–Crippen MR) is 101 cm³/mol. The highest BCUT2D eigenvalue weighted by molar-refractivity contribution is 6.05. The number of benzene rings is 1. The first kappa shape index (κ1) is 23.4. The molecule has 0 unspecified atom stereocenters. The lowest BCUT2D eigenvalue weighted by atomic mass is 9.84. The Hall–Kier alpha value is -2.57. The van der Waals surface area contributed by atoms with Crippen LogP contribution < -0.4 is 15.4 Å². The van der Waals surface area contributed by atoms with Gasteiger partial charge in [0.25, 0.3) is 5.91 Å². The van der Waals surface area contributed by atoms with Gasteiger partial charge in [-0.1, -0.05) is 34.6 Å². The summed E-state index contributed by atoms with van der Waals surface area (Å²) in [4.78, 5) is 23.3. The van der Waals surface area contributed by atoms with Crippen LogP contribution in [0, 0.1) is 12.7 Å². The number of rotatable bonds is 4. The lowest BCUT2D eigenvalue weighted by molar-refractivity contribution is -0.115. The van der Waals surface area contributed by atoms with E-state index in [2.05, 4.69) is 10.1 Å². The molecule has 0 saturated heterocycles. The summed E-state index contributed by atoms with van der Waals surface area (Å²) >= 11 is 0. The minimum atomic E-state index is -0.843. The Morgan fingerprint density at radius 3 is 2.23 bits per heavy atom. The van der Waals surface area contributed by atoms with Crippen LogP contribution in [-0.2, 0) is 14.9 Å². The fraction of sp³-hybridized carbons (Fsp3) is 0.474. The Bertz CT molecular complexity index is 664. The highest BCUT2D eigenvalue weighted by Crippen LogP contribution is 2.38. The maximum atomic E-state index is 14.5. The number of carbonyl (C=O) groups excluding carboxylic acids is 2. The van der Waals surface area contributed by atoms with Crippen molar-refractivity contribution >= 4 is 17.6 Å². The van der Waals surface area contributed by atoms with Crippen molar-refractivity contribution in [2.24, 2.45) is 0 Å². The van der Waals surface area contributed by atoms with E-state index in [1.807, 2.05) is 39.9 Å². The van der Waals surface area contributed by atoms with Gasteiger partial charge in [-0.05, 0) is 18.4 Å². The number of hydrogen-bond acceptors (Lipinski definition) is 4. The standard InChI is InChI=1S/C17H23FN2O4.C2H6/c1-10-14(18)12(9-11(15(10)24-6)17(2,3)4)19-16(22)20-13(21)7-8-23-5;1-2/h7-9H,1-6H3,(H2,19,20,21,22);1-2H3/b8-7+;. The van der Waals surface area contributed by atoms with Gasteiger partial charge >= 0.3 is 6.03 Å². The zero-order chi connectivity index (χ0) is 20.5. The highest BCUT2D eigenvalue weighted by atomic mass is 19.1. The van der Waals surface area contributed by atoms with Gasteiger partial charge in [-0.3, -0.25) is 10.1 Å². The van der Waals surface area contributed by atoms with Gasteiger partial charge in [-0.2, -0.15) is 0 Å².